The normalized spacial score (nSPS) is 10.8. The molecule has 0 aliphatic heterocycles. The lowest BCUT2D eigenvalue weighted by Gasteiger charge is -2.23. The molecule has 9 nitrogen and oxygen atoms in total. The fraction of sp³-hybridized carbons (Fsp3) is 0.333. The van der Waals surface area contributed by atoms with Gasteiger partial charge in [0.05, 0.1) is 32.3 Å². The molecule has 0 bridgehead atoms. The molecule has 0 amide bonds. The quantitative estimate of drug-likeness (QED) is 0.256. The number of benzene rings is 3. The van der Waals surface area contributed by atoms with Gasteiger partial charge in [-0.25, -0.2) is 0 Å². The zero-order valence-corrected chi connectivity index (χ0v) is 20.9. The number of hydrogen-bond donors (Lipinski definition) is 1. The monoisotopic (exact) mass is 495 g/mol. The molecule has 3 aromatic rings. The minimum absolute atomic E-state index is 0.0207. The molecule has 3 rings (SSSR count). The minimum Gasteiger partial charge on any atom is -0.493 e. The zero-order valence-electron chi connectivity index (χ0n) is 20.9. The van der Waals surface area contributed by atoms with E-state index in [1.165, 1.54) is 20.3 Å². The molecule has 0 aromatic heterocycles. The van der Waals surface area contributed by atoms with E-state index in [-0.39, 0.29) is 5.69 Å². The lowest BCUT2D eigenvalue weighted by atomic mass is 10.1. The summed E-state index contributed by atoms with van der Waals surface area (Å²) in [5, 5.41) is 11.8. The van der Waals surface area contributed by atoms with E-state index in [9.17, 15) is 10.1 Å². The Morgan fingerprint density at radius 1 is 0.833 bits per heavy atom. The number of nitro groups is 1. The van der Waals surface area contributed by atoms with Crippen LogP contribution < -0.4 is 24.7 Å². The number of nitro benzene ring substituents is 1. The van der Waals surface area contributed by atoms with Crippen molar-refractivity contribution >= 4 is 5.69 Å². The summed E-state index contributed by atoms with van der Waals surface area (Å²) in [5.74, 6) is 2.03. The van der Waals surface area contributed by atoms with Crippen LogP contribution in [-0.4, -0.2) is 44.2 Å². The number of rotatable bonds is 14. The number of hydrogen-bond acceptors (Lipinski definition) is 8. The molecule has 0 fully saturated rings. The highest BCUT2D eigenvalue weighted by Crippen LogP contribution is 2.35. The lowest BCUT2D eigenvalue weighted by Crippen LogP contribution is -2.26. The summed E-state index contributed by atoms with van der Waals surface area (Å²) in [4.78, 5) is 13.5. The van der Waals surface area contributed by atoms with Crippen molar-refractivity contribution in [3.8, 4) is 23.0 Å². The van der Waals surface area contributed by atoms with Crippen LogP contribution in [-0.2, 0) is 19.7 Å². The summed E-state index contributed by atoms with van der Waals surface area (Å²) in [7, 11) is 4.57. The van der Waals surface area contributed by atoms with Crippen molar-refractivity contribution in [2.45, 2.75) is 26.1 Å². The van der Waals surface area contributed by atoms with Crippen molar-refractivity contribution < 1.29 is 23.9 Å². The second-order valence-corrected chi connectivity index (χ2v) is 8.21. The second kappa shape index (κ2) is 13.3. The smallest absolute Gasteiger partial charge is 0.277 e. The van der Waals surface area contributed by atoms with E-state index in [4.69, 9.17) is 24.7 Å². The molecule has 0 spiro atoms. The highest BCUT2D eigenvalue weighted by molar-refractivity contribution is 5.54. The first kappa shape index (κ1) is 26.8. The molecule has 0 atom stereocenters. The van der Waals surface area contributed by atoms with Crippen LogP contribution in [0.3, 0.4) is 0 Å². The second-order valence-electron chi connectivity index (χ2n) is 8.21. The number of nitrogens with zero attached hydrogens (tertiary/aromatic N) is 2. The predicted octanol–water partition coefficient (Wildman–Crippen LogP) is 4.55. The van der Waals surface area contributed by atoms with Gasteiger partial charge in [0.1, 0.15) is 6.61 Å². The molecule has 2 N–H and O–H groups in total. The van der Waals surface area contributed by atoms with E-state index in [1.807, 2.05) is 48.5 Å². The van der Waals surface area contributed by atoms with Gasteiger partial charge in [0.25, 0.3) is 5.69 Å². The average Bonchev–Trinajstić information content (AvgIpc) is 2.90. The maximum atomic E-state index is 11.8. The fourth-order valence-corrected chi connectivity index (χ4v) is 3.90. The van der Waals surface area contributed by atoms with Crippen molar-refractivity contribution in [1.82, 2.24) is 4.90 Å². The largest absolute Gasteiger partial charge is 0.493 e. The molecule has 0 saturated heterocycles. The van der Waals surface area contributed by atoms with Crippen LogP contribution in [0.25, 0.3) is 0 Å². The van der Waals surface area contributed by atoms with Gasteiger partial charge in [-0.3, -0.25) is 15.0 Å². The minimum atomic E-state index is -0.402. The fourth-order valence-electron chi connectivity index (χ4n) is 3.90. The summed E-state index contributed by atoms with van der Waals surface area (Å²) in [6, 6.07) is 18.8. The average molecular weight is 496 g/mol. The highest BCUT2D eigenvalue weighted by Gasteiger charge is 2.22. The first-order chi connectivity index (χ1) is 17.5. The van der Waals surface area contributed by atoms with Crippen LogP contribution in [0.5, 0.6) is 23.0 Å². The molecule has 0 unspecified atom stereocenters. The van der Waals surface area contributed by atoms with Crippen LogP contribution in [0.2, 0.25) is 0 Å². The molecule has 0 saturated carbocycles. The van der Waals surface area contributed by atoms with Gasteiger partial charge in [0.2, 0.25) is 0 Å². The summed E-state index contributed by atoms with van der Waals surface area (Å²) < 4.78 is 22.2. The Morgan fingerprint density at radius 3 is 2.14 bits per heavy atom. The summed E-state index contributed by atoms with van der Waals surface area (Å²) in [6.07, 6.45) is 0.747. The van der Waals surface area contributed by atoms with E-state index in [0.29, 0.717) is 61.3 Å². The molecule has 192 valence electrons. The molecule has 3 aromatic carbocycles. The van der Waals surface area contributed by atoms with Gasteiger partial charge in [0.15, 0.2) is 23.0 Å². The molecule has 9 heteroatoms. The number of methoxy groups -OCH3 is 3. The molecule has 0 aliphatic rings. The van der Waals surface area contributed by atoms with E-state index >= 15 is 0 Å². The van der Waals surface area contributed by atoms with Gasteiger partial charge >= 0.3 is 0 Å². The van der Waals surface area contributed by atoms with Gasteiger partial charge in [-0.15, -0.1) is 0 Å². The Kier molecular flexibility index (Phi) is 9.91. The summed E-state index contributed by atoms with van der Waals surface area (Å²) in [5.41, 5.74) is 8.32. The van der Waals surface area contributed by atoms with E-state index in [2.05, 4.69) is 4.90 Å². The lowest BCUT2D eigenvalue weighted by molar-refractivity contribution is -0.385. The third-order valence-corrected chi connectivity index (χ3v) is 5.73. The SMILES string of the molecule is COc1cc(CN(CCCN)Cc2ccc(OCc3ccccc3)c(OC)c2)c([N+](=O)[O-])cc1OC. The Morgan fingerprint density at radius 2 is 1.50 bits per heavy atom. The molecule has 0 radical (unpaired) electrons. The number of ether oxygens (including phenoxy) is 4. The summed E-state index contributed by atoms with van der Waals surface area (Å²) in [6.45, 7) is 2.49. The van der Waals surface area contributed by atoms with Crippen molar-refractivity contribution in [3.05, 3.63) is 87.5 Å². The zero-order chi connectivity index (χ0) is 25.9. The molecular formula is C27H33N3O6. The van der Waals surface area contributed by atoms with Crippen LogP contribution in [0.1, 0.15) is 23.1 Å². The summed E-state index contributed by atoms with van der Waals surface area (Å²) >= 11 is 0. The maximum absolute atomic E-state index is 11.8. The Labute approximate surface area is 211 Å². The Bertz CT molecular complexity index is 1140. The van der Waals surface area contributed by atoms with Crippen LogP contribution in [0, 0.1) is 10.1 Å². The first-order valence-corrected chi connectivity index (χ1v) is 11.6. The van der Waals surface area contributed by atoms with Crippen molar-refractivity contribution in [2.75, 3.05) is 34.4 Å². The van der Waals surface area contributed by atoms with Crippen LogP contribution in [0.4, 0.5) is 5.69 Å². The van der Waals surface area contributed by atoms with Crippen molar-refractivity contribution in [3.63, 3.8) is 0 Å². The maximum Gasteiger partial charge on any atom is 0.277 e. The van der Waals surface area contributed by atoms with Gasteiger partial charge < -0.3 is 24.7 Å². The molecule has 0 aliphatic carbocycles. The van der Waals surface area contributed by atoms with E-state index in [0.717, 1.165) is 17.5 Å². The highest BCUT2D eigenvalue weighted by atomic mass is 16.6. The third-order valence-electron chi connectivity index (χ3n) is 5.73. The Balaban J connectivity index is 1.81. The van der Waals surface area contributed by atoms with Gasteiger partial charge in [-0.05, 0) is 42.3 Å². The van der Waals surface area contributed by atoms with E-state index in [1.54, 1.807) is 13.2 Å². The van der Waals surface area contributed by atoms with Crippen LogP contribution >= 0.6 is 0 Å². The molecule has 0 heterocycles. The predicted molar refractivity (Wildman–Crippen MR) is 138 cm³/mol. The first-order valence-electron chi connectivity index (χ1n) is 11.6. The molecule has 36 heavy (non-hydrogen) atoms. The van der Waals surface area contributed by atoms with Gasteiger partial charge in [-0.2, -0.15) is 0 Å². The van der Waals surface area contributed by atoms with Gasteiger partial charge in [-0.1, -0.05) is 36.4 Å². The Hall–Kier alpha value is -3.82. The topological polar surface area (TPSA) is 109 Å². The third kappa shape index (κ3) is 7.10. The standard InChI is InChI=1S/C27H33N3O6/c1-33-25-14-21(10-11-24(25)36-19-20-8-5-4-6-9-20)17-29(13-7-12-28)18-22-15-26(34-2)27(35-3)16-23(22)30(31)32/h4-6,8-11,14-16H,7,12-13,17-19,28H2,1-3H3. The number of nitrogens with two attached hydrogens (primary N) is 1. The van der Waals surface area contributed by atoms with Gasteiger partial charge in [0, 0.05) is 25.2 Å². The van der Waals surface area contributed by atoms with Crippen molar-refractivity contribution in [1.29, 1.82) is 0 Å². The van der Waals surface area contributed by atoms with Crippen LogP contribution in [0.15, 0.2) is 60.7 Å². The van der Waals surface area contributed by atoms with E-state index < -0.39 is 4.92 Å². The van der Waals surface area contributed by atoms with Crippen molar-refractivity contribution in [2.24, 2.45) is 5.73 Å². The molecular weight excluding hydrogens is 462 g/mol.